The van der Waals surface area contributed by atoms with E-state index in [-0.39, 0.29) is 17.9 Å². The average molecular weight is 464 g/mol. The number of aromatic nitrogens is 2. The van der Waals surface area contributed by atoms with E-state index < -0.39 is 0 Å². The summed E-state index contributed by atoms with van der Waals surface area (Å²) in [6.07, 6.45) is 3.82. The Morgan fingerprint density at radius 3 is 2.49 bits per heavy atom. The second-order valence-electron chi connectivity index (χ2n) is 8.49. The molecule has 1 amide bonds. The van der Waals surface area contributed by atoms with Crippen LogP contribution in [-0.4, -0.2) is 28.5 Å². The molecule has 174 valence electrons. The number of hydrogen-bond acceptors (Lipinski definition) is 4. The van der Waals surface area contributed by atoms with Crippen molar-refractivity contribution >= 4 is 33.7 Å². The van der Waals surface area contributed by atoms with Crippen LogP contribution in [0.3, 0.4) is 0 Å². The second-order valence-corrected chi connectivity index (χ2v) is 8.49. The van der Waals surface area contributed by atoms with E-state index in [1.807, 2.05) is 61.7 Å². The number of amides is 1. The molecule has 1 atom stereocenters. The van der Waals surface area contributed by atoms with Gasteiger partial charge in [-0.2, -0.15) is 0 Å². The molecule has 6 heteroatoms. The first-order valence-electron chi connectivity index (χ1n) is 11.4. The van der Waals surface area contributed by atoms with Gasteiger partial charge in [-0.05, 0) is 48.4 Å². The van der Waals surface area contributed by atoms with E-state index in [1.54, 1.807) is 18.3 Å². The molecule has 0 saturated heterocycles. The maximum atomic E-state index is 13.4. The summed E-state index contributed by atoms with van der Waals surface area (Å²) in [5.41, 5.74) is 4.92. The molecule has 0 spiro atoms. The third-order valence-corrected chi connectivity index (χ3v) is 6.27. The number of esters is 1. The zero-order chi connectivity index (χ0) is 24.4. The number of methoxy groups -OCH3 is 1. The highest BCUT2D eigenvalue weighted by Crippen LogP contribution is 2.25. The molecule has 0 fully saturated rings. The van der Waals surface area contributed by atoms with Crippen LogP contribution in [0.2, 0.25) is 0 Å². The standard InChI is InChI=1S/C29H25N3O3/c1-19(20-11-13-23(14-12-20)29(34)35-2)31-28(33)25-10-4-7-22-15-17-32(27(22)25)18-24-8-3-6-21-9-5-16-30-26(21)24/h3-17,19H,18H2,1-2H3,(H,31,33)/t19-/m0/s1. The third kappa shape index (κ3) is 4.38. The van der Waals surface area contributed by atoms with Gasteiger partial charge in [0, 0.05) is 29.7 Å². The molecule has 35 heavy (non-hydrogen) atoms. The first-order valence-corrected chi connectivity index (χ1v) is 11.4. The lowest BCUT2D eigenvalue weighted by atomic mass is 10.0. The van der Waals surface area contributed by atoms with Crippen LogP contribution in [0.1, 0.15) is 44.8 Å². The molecule has 2 aromatic heterocycles. The summed E-state index contributed by atoms with van der Waals surface area (Å²) in [7, 11) is 1.35. The summed E-state index contributed by atoms with van der Waals surface area (Å²) in [6.45, 7) is 2.53. The molecule has 3 aromatic carbocycles. The summed E-state index contributed by atoms with van der Waals surface area (Å²) >= 11 is 0. The maximum absolute atomic E-state index is 13.4. The number of nitrogens with one attached hydrogen (secondary N) is 1. The molecule has 6 nitrogen and oxygen atoms in total. The van der Waals surface area contributed by atoms with Crippen molar-refractivity contribution in [1.82, 2.24) is 14.9 Å². The summed E-state index contributed by atoms with van der Waals surface area (Å²) in [4.78, 5) is 29.6. The van der Waals surface area contributed by atoms with Crippen molar-refractivity contribution in [2.75, 3.05) is 7.11 Å². The van der Waals surface area contributed by atoms with Crippen molar-refractivity contribution in [3.05, 3.63) is 114 Å². The Morgan fingerprint density at radius 1 is 0.943 bits per heavy atom. The molecule has 5 rings (SSSR count). The molecule has 5 aromatic rings. The largest absolute Gasteiger partial charge is 0.465 e. The minimum absolute atomic E-state index is 0.156. The lowest BCUT2D eigenvalue weighted by Crippen LogP contribution is -2.27. The van der Waals surface area contributed by atoms with Crippen molar-refractivity contribution in [1.29, 1.82) is 0 Å². The predicted octanol–water partition coefficient (Wildman–Crippen LogP) is 5.52. The fourth-order valence-electron chi connectivity index (χ4n) is 4.44. The van der Waals surface area contributed by atoms with Gasteiger partial charge in [0.2, 0.25) is 0 Å². The van der Waals surface area contributed by atoms with Gasteiger partial charge in [0.25, 0.3) is 5.91 Å². The van der Waals surface area contributed by atoms with Crippen LogP contribution in [0.4, 0.5) is 0 Å². The van der Waals surface area contributed by atoms with Gasteiger partial charge in [-0.3, -0.25) is 9.78 Å². The van der Waals surface area contributed by atoms with Crippen molar-refractivity contribution in [2.24, 2.45) is 0 Å². The van der Waals surface area contributed by atoms with Gasteiger partial charge in [-0.15, -0.1) is 0 Å². The fourth-order valence-corrected chi connectivity index (χ4v) is 4.44. The number of para-hydroxylation sites is 2. The Labute approximate surface area is 203 Å². The Morgan fingerprint density at radius 2 is 1.69 bits per heavy atom. The number of hydrogen-bond donors (Lipinski definition) is 1. The summed E-state index contributed by atoms with van der Waals surface area (Å²) in [5.74, 6) is -0.543. The minimum atomic E-state index is -0.387. The zero-order valence-corrected chi connectivity index (χ0v) is 19.6. The smallest absolute Gasteiger partial charge is 0.337 e. The molecule has 0 radical (unpaired) electrons. The number of ether oxygens (including phenoxy) is 1. The van der Waals surface area contributed by atoms with Crippen molar-refractivity contribution in [2.45, 2.75) is 19.5 Å². The molecule has 0 unspecified atom stereocenters. The zero-order valence-electron chi connectivity index (χ0n) is 19.6. The van der Waals surface area contributed by atoms with Crippen molar-refractivity contribution in [3.8, 4) is 0 Å². The number of benzene rings is 3. The quantitative estimate of drug-likeness (QED) is 0.337. The third-order valence-electron chi connectivity index (χ3n) is 6.27. The highest BCUT2D eigenvalue weighted by Gasteiger charge is 2.17. The SMILES string of the molecule is COC(=O)c1ccc([C@H](C)NC(=O)c2cccc3ccn(Cc4cccc5cccnc45)c23)cc1. The van der Waals surface area contributed by atoms with E-state index in [9.17, 15) is 9.59 Å². The maximum Gasteiger partial charge on any atom is 0.337 e. The minimum Gasteiger partial charge on any atom is -0.465 e. The van der Waals surface area contributed by atoms with Crippen molar-refractivity contribution in [3.63, 3.8) is 0 Å². The normalized spacial score (nSPS) is 11.9. The average Bonchev–Trinajstić information content (AvgIpc) is 3.31. The molecular weight excluding hydrogens is 438 g/mol. The van der Waals surface area contributed by atoms with Crippen molar-refractivity contribution < 1.29 is 14.3 Å². The summed E-state index contributed by atoms with van der Waals surface area (Å²) in [6, 6.07) is 24.8. The first-order chi connectivity index (χ1) is 17.0. The van der Waals surface area contributed by atoms with E-state index >= 15 is 0 Å². The molecule has 0 aliphatic carbocycles. The second kappa shape index (κ2) is 9.43. The molecule has 1 N–H and O–H groups in total. The van der Waals surface area contributed by atoms with Gasteiger partial charge < -0.3 is 14.6 Å². The van der Waals surface area contributed by atoms with Gasteiger partial charge in [0.05, 0.1) is 35.3 Å². The number of fused-ring (bicyclic) bond motifs is 2. The highest BCUT2D eigenvalue weighted by atomic mass is 16.5. The van der Waals surface area contributed by atoms with Crippen LogP contribution in [0, 0.1) is 0 Å². The number of carbonyl (C=O) groups excluding carboxylic acids is 2. The highest BCUT2D eigenvalue weighted by molar-refractivity contribution is 6.06. The van der Waals surface area contributed by atoms with Gasteiger partial charge in [0.1, 0.15) is 0 Å². The van der Waals surface area contributed by atoms with Crippen LogP contribution in [0.25, 0.3) is 21.8 Å². The Kier molecular flexibility index (Phi) is 6.02. The van der Waals surface area contributed by atoms with Gasteiger partial charge in [-0.1, -0.05) is 48.5 Å². The topological polar surface area (TPSA) is 73.2 Å². The summed E-state index contributed by atoms with van der Waals surface area (Å²) < 4.78 is 6.86. The lowest BCUT2D eigenvalue weighted by Gasteiger charge is -2.16. The Bertz CT molecular complexity index is 1530. The van der Waals surface area contributed by atoms with Gasteiger partial charge in [-0.25, -0.2) is 4.79 Å². The molecule has 0 aliphatic rings. The molecule has 0 aliphatic heterocycles. The van der Waals surface area contributed by atoms with Crippen LogP contribution < -0.4 is 5.32 Å². The van der Waals surface area contributed by atoms with Crippen LogP contribution in [0.15, 0.2) is 91.3 Å². The molecule has 2 heterocycles. The molecule has 0 saturated carbocycles. The molecule has 0 bridgehead atoms. The van der Waals surface area contributed by atoms with E-state index in [0.717, 1.165) is 32.9 Å². The number of carbonyl (C=O) groups is 2. The summed E-state index contributed by atoms with van der Waals surface area (Å²) in [5, 5.41) is 5.19. The Balaban J connectivity index is 1.43. The van der Waals surface area contributed by atoms with Crippen LogP contribution in [-0.2, 0) is 11.3 Å². The first kappa shape index (κ1) is 22.3. The van der Waals surface area contributed by atoms with E-state index in [0.29, 0.717) is 17.7 Å². The lowest BCUT2D eigenvalue weighted by molar-refractivity contribution is 0.0600. The molecular formula is C29H25N3O3. The Hall–Kier alpha value is -4.45. The van der Waals surface area contributed by atoms with E-state index in [1.165, 1.54) is 7.11 Å². The van der Waals surface area contributed by atoms with Gasteiger partial charge in [0.15, 0.2) is 0 Å². The predicted molar refractivity (Wildman–Crippen MR) is 136 cm³/mol. The van der Waals surface area contributed by atoms with E-state index in [2.05, 4.69) is 33.1 Å². The van der Waals surface area contributed by atoms with Gasteiger partial charge >= 0.3 is 5.97 Å². The van der Waals surface area contributed by atoms with E-state index in [4.69, 9.17) is 4.74 Å². The number of rotatable bonds is 6. The number of pyridine rings is 1. The van der Waals surface area contributed by atoms with Crippen LogP contribution in [0.5, 0.6) is 0 Å². The number of nitrogens with zero attached hydrogens (tertiary/aromatic N) is 2. The monoisotopic (exact) mass is 463 g/mol. The van der Waals surface area contributed by atoms with Crippen LogP contribution >= 0.6 is 0 Å². The fraction of sp³-hybridized carbons (Fsp3) is 0.138.